The van der Waals surface area contributed by atoms with E-state index in [1.165, 1.54) is 12.1 Å². The molecular weight excluding hydrogens is 338 g/mol. The molecular formula is C20H14F2N2S. The van der Waals surface area contributed by atoms with E-state index in [4.69, 9.17) is 0 Å². The van der Waals surface area contributed by atoms with Crippen LogP contribution in [0.3, 0.4) is 0 Å². The number of nitrogens with one attached hydrogen (secondary N) is 1. The second-order valence-electron chi connectivity index (χ2n) is 5.79. The van der Waals surface area contributed by atoms with E-state index in [1.807, 2.05) is 47.9 Å². The van der Waals surface area contributed by atoms with Gasteiger partial charge >= 0.3 is 0 Å². The summed E-state index contributed by atoms with van der Waals surface area (Å²) in [7, 11) is 0. The minimum atomic E-state index is -0.557. The van der Waals surface area contributed by atoms with Crippen molar-refractivity contribution in [1.29, 1.82) is 0 Å². The van der Waals surface area contributed by atoms with Crippen molar-refractivity contribution in [1.82, 2.24) is 10.2 Å². The fourth-order valence-corrected chi connectivity index (χ4v) is 3.43. The molecule has 0 saturated carbocycles. The van der Waals surface area contributed by atoms with E-state index in [-0.39, 0.29) is 0 Å². The van der Waals surface area contributed by atoms with Crippen LogP contribution < -0.4 is 0 Å². The third-order valence-corrected chi connectivity index (χ3v) is 4.77. The highest BCUT2D eigenvalue weighted by atomic mass is 32.1. The number of hydrogen-bond donors (Lipinski definition) is 1. The van der Waals surface area contributed by atoms with Gasteiger partial charge in [-0.15, -0.1) is 11.3 Å². The molecule has 0 saturated heterocycles. The maximum Gasteiger partial charge on any atom is 0.126 e. The van der Waals surface area contributed by atoms with Crippen LogP contribution in [0.5, 0.6) is 0 Å². The number of aromatic nitrogens is 2. The van der Waals surface area contributed by atoms with E-state index in [1.54, 1.807) is 11.3 Å². The molecule has 25 heavy (non-hydrogen) atoms. The zero-order valence-corrected chi connectivity index (χ0v) is 14.0. The predicted molar refractivity (Wildman–Crippen MR) is 98.5 cm³/mol. The van der Waals surface area contributed by atoms with Gasteiger partial charge < -0.3 is 0 Å². The summed E-state index contributed by atoms with van der Waals surface area (Å²) >= 11 is 1.66. The summed E-state index contributed by atoms with van der Waals surface area (Å²) in [5.74, 6) is -1.11. The zero-order valence-electron chi connectivity index (χ0n) is 13.2. The lowest BCUT2D eigenvalue weighted by atomic mass is 10.0. The second kappa shape index (κ2) is 6.61. The number of rotatable bonds is 4. The number of benzene rings is 2. The van der Waals surface area contributed by atoms with Crippen LogP contribution in [-0.4, -0.2) is 10.2 Å². The van der Waals surface area contributed by atoms with E-state index in [0.717, 1.165) is 33.1 Å². The van der Waals surface area contributed by atoms with Crippen LogP contribution in [0.4, 0.5) is 8.78 Å². The molecule has 2 aromatic carbocycles. The van der Waals surface area contributed by atoms with Crippen LogP contribution in [0.1, 0.15) is 21.7 Å². The standard InChI is InChI=1S/C20H14F2N2S/c21-15-9-14(10-16(22)12-15)8-13-3-5-19-18(11-13)20(24-23-19)6-4-17-2-1-7-25-17/h1-7,9-12H,8H2,(H,23,24). The number of hydrogen-bond acceptors (Lipinski definition) is 2. The SMILES string of the molecule is Fc1cc(F)cc(Cc2ccc3[nH]nc(C=Cc4cccs4)c3c2)c1. The molecule has 0 unspecified atom stereocenters. The number of aromatic amines is 1. The van der Waals surface area contributed by atoms with Crippen molar-refractivity contribution in [2.45, 2.75) is 6.42 Å². The first kappa shape index (κ1) is 15.7. The van der Waals surface area contributed by atoms with Crippen molar-refractivity contribution in [3.63, 3.8) is 0 Å². The largest absolute Gasteiger partial charge is 0.277 e. The summed E-state index contributed by atoms with van der Waals surface area (Å²) < 4.78 is 26.7. The summed E-state index contributed by atoms with van der Waals surface area (Å²) in [6.45, 7) is 0. The molecule has 0 bridgehead atoms. The Morgan fingerprint density at radius 3 is 2.56 bits per heavy atom. The predicted octanol–water partition coefficient (Wildman–Crippen LogP) is 5.66. The normalized spacial score (nSPS) is 11.6. The maximum absolute atomic E-state index is 13.4. The van der Waals surface area contributed by atoms with Crippen LogP contribution in [0.25, 0.3) is 23.1 Å². The van der Waals surface area contributed by atoms with Crippen molar-refractivity contribution in [3.8, 4) is 0 Å². The fraction of sp³-hybridized carbons (Fsp3) is 0.0500. The van der Waals surface area contributed by atoms with Crippen LogP contribution in [0.15, 0.2) is 53.9 Å². The van der Waals surface area contributed by atoms with Crippen LogP contribution in [-0.2, 0) is 6.42 Å². The number of fused-ring (bicyclic) bond motifs is 1. The molecule has 2 nitrogen and oxygen atoms in total. The second-order valence-corrected chi connectivity index (χ2v) is 6.77. The molecule has 0 radical (unpaired) electrons. The molecule has 0 fully saturated rings. The Morgan fingerprint density at radius 2 is 1.80 bits per heavy atom. The van der Waals surface area contributed by atoms with Gasteiger partial charge in [0.15, 0.2) is 0 Å². The Bertz CT molecular complexity index is 1030. The van der Waals surface area contributed by atoms with Gasteiger partial charge in [-0.25, -0.2) is 8.78 Å². The van der Waals surface area contributed by atoms with E-state index in [9.17, 15) is 8.78 Å². The lowest BCUT2D eigenvalue weighted by molar-refractivity contribution is 0.580. The fourth-order valence-electron chi connectivity index (χ4n) is 2.81. The summed E-state index contributed by atoms with van der Waals surface area (Å²) in [6.07, 6.45) is 4.45. The highest BCUT2D eigenvalue weighted by molar-refractivity contribution is 7.10. The van der Waals surface area contributed by atoms with Crippen LogP contribution >= 0.6 is 11.3 Å². The van der Waals surface area contributed by atoms with Crippen LogP contribution in [0, 0.1) is 11.6 Å². The third kappa shape index (κ3) is 3.51. The average molecular weight is 352 g/mol. The smallest absolute Gasteiger partial charge is 0.126 e. The van der Waals surface area contributed by atoms with Gasteiger partial charge in [-0.05, 0) is 65.4 Å². The van der Waals surface area contributed by atoms with Crippen molar-refractivity contribution in [3.05, 3.63) is 87.2 Å². The number of halogens is 2. The van der Waals surface area contributed by atoms with Crippen molar-refractivity contribution in [2.24, 2.45) is 0 Å². The van der Waals surface area contributed by atoms with E-state index >= 15 is 0 Å². The average Bonchev–Trinajstić information content (AvgIpc) is 3.21. The molecule has 124 valence electrons. The topological polar surface area (TPSA) is 28.7 Å². The number of H-pyrrole nitrogens is 1. The zero-order chi connectivity index (χ0) is 17.2. The molecule has 2 heterocycles. The first-order valence-corrected chi connectivity index (χ1v) is 8.69. The number of nitrogens with zero attached hydrogens (tertiary/aromatic N) is 1. The Balaban J connectivity index is 1.66. The highest BCUT2D eigenvalue weighted by Gasteiger charge is 2.07. The lowest BCUT2D eigenvalue weighted by Crippen LogP contribution is -1.91. The molecule has 0 aliphatic carbocycles. The van der Waals surface area contributed by atoms with Crippen molar-refractivity contribution >= 4 is 34.4 Å². The first-order chi connectivity index (χ1) is 12.2. The molecule has 0 aliphatic heterocycles. The monoisotopic (exact) mass is 352 g/mol. The van der Waals surface area contributed by atoms with Gasteiger partial charge in [-0.2, -0.15) is 5.10 Å². The molecule has 2 aromatic heterocycles. The Kier molecular flexibility index (Phi) is 4.15. The Hall–Kier alpha value is -2.79. The van der Waals surface area contributed by atoms with Crippen molar-refractivity contribution < 1.29 is 8.78 Å². The third-order valence-electron chi connectivity index (χ3n) is 3.94. The Labute approximate surface area is 147 Å². The van der Waals surface area contributed by atoms with Gasteiger partial charge in [-0.3, -0.25) is 5.10 Å². The summed E-state index contributed by atoms with van der Waals surface area (Å²) in [4.78, 5) is 1.16. The summed E-state index contributed by atoms with van der Waals surface area (Å²) in [5.41, 5.74) is 3.36. The lowest BCUT2D eigenvalue weighted by Gasteiger charge is -2.03. The molecule has 0 atom stereocenters. The van der Waals surface area contributed by atoms with E-state index in [0.29, 0.717) is 12.0 Å². The number of thiophene rings is 1. The summed E-state index contributed by atoms with van der Waals surface area (Å²) in [6, 6.07) is 13.5. The van der Waals surface area contributed by atoms with Gasteiger partial charge in [0.2, 0.25) is 0 Å². The van der Waals surface area contributed by atoms with E-state index in [2.05, 4.69) is 10.2 Å². The van der Waals surface area contributed by atoms with Gasteiger partial charge in [0.05, 0.1) is 11.2 Å². The summed E-state index contributed by atoms with van der Waals surface area (Å²) in [5, 5.41) is 10.4. The van der Waals surface area contributed by atoms with Gasteiger partial charge in [0.1, 0.15) is 11.6 Å². The molecule has 0 spiro atoms. The van der Waals surface area contributed by atoms with Gasteiger partial charge in [0, 0.05) is 16.3 Å². The maximum atomic E-state index is 13.4. The van der Waals surface area contributed by atoms with Crippen LogP contribution in [0.2, 0.25) is 0 Å². The van der Waals surface area contributed by atoms with Gasteiger partial charge in [0.25, 0.3) is 0 Å². The minimum Gasteiger partial charge on any atom is -0.277 e. The highest BCUT2D eigenvalue weighted by Crippen LogP contribution is 2.22. The van der Waals surface area contributed by atoms with Crippen molar-refractivity contribution in [2.75, 3.05) is 0 Å². The van der Waals surface area contributed by atoms with Gasteiger partial charge in [-0.1, -0.05) is 12.1 Å². The molecule has 4 aromatic rings. The minimum absolute atomic E-state index is 0.462. The molecule has 0 amide bonds. The van der Waals surface area contributed by atoms with E-state index < -0.39 is 11.6 Å². The molecule has 0 aliphatic rings. The molecule has 1 N–H and O–H groups in total. The molecule has 5 heteroatoms. The Morgan fingerprint density at radius 1 is 0.960 bits per heavy atom. The molecule has 4 rings (SSSR count). The first-order valence-electron chi connectivity index (χ1n) is 7.81. The quantitative estimate of drug-likeness (QED) is 0.504.